The Morgan fingerprint density at radius 1 is 1.44 bits per heavy atom. The average molecular weight is 221 g/mol. The van der Waals surface area contributed by atoms with E-state index in [1.54, 1.807) is 7.11 Å². The summed E-state index contributed by atoms with van der Waals surface area (Å²) in [5, 5.41) is 0. The molecular weight excluding hydrogens is 202 g/mol. The van der Waals surface area contributed by atoms with Crippen molar-refractivity contribution in [3.05, 3.63) is 23.8 Å². The van der Waals surface area contributed by atoms with Crippen LogP contribution in [0.2, 0.25) is 0 Å². The molecule has 0 bridgehead atoms. The van der Waals surface area contributed by atoms with Crippen LogP contribution < -0.4 is 9.64 Å². The molecule has 1 aromatic carbocycles. The van der Waals surface area contributed by atoms with Crippen molar-refractivity contribution in [1.82, 2.24) is 0 Å². The third kappa shape index (κ3) is 2.75. The van der Waals surface area contributed by atoms with Crippen LogP contribution in [-0.2, 0) is 4.79 Å². The zero-order chi connectivity index (χ0) is 12.1. The Bertz CT molecular complexity index is 361. The molecule has 0 saturated heterocycles. The quantitative estimate of drug-likeness (QED) is 0.715. The van der Waals surface area contributed by atoms with Crippen LogP contribution in [0.5, 0.6) is 5.75 Å². The molecule has 1 aromatic rings. The van der Waals surface area contributed by atoms with E-state index in [0.29, 0.717) is 6.42 Å². The zero-order valence-electron chi connectivity index (χ0n) is 10.4. The van der Waals surface area contributed by atoms with Crippen molar-refractivity contribution >= 4 is 12.0 Å². The number of rotatable bonds is 5. The lowest BCUT2D eigenvalue weighted by molar-refractivity contribution is -0.108. The molecule has 1 rings (SSSR count). The van der Waals surface area contributed by atoms with Crippen molar-refractivity contribution in [1.29, 1.82) is 0 Å². The van der Waals surface area contributed by atoms with Crippen LogP contribution in [0.3, 0.4) is 0 Å². The molecule has 0 saturated carbocycles. The van der Waals surface area contributed by atoms with Gasteiger partial charge in [0.15, 0.2) is 0 Å². The van der Waals surface area contributed by atoms with Crippen molar-refractivity contribution < 1.29 is 9.53 Å². The van der Waals surface area contributed by atoms with Gasteiger partial charge in [0, 0.05) is 32.3 Å². The number of hydrogen-bond donors (Lipinski definition) is 0. The van der Waals surface area contributed by atoms with Crippen LogP contribution in [0, 0.1) is 0 Å². The molecule has 0 amide bonds. The second-order valence-corrected chi connectivity index (χ2v) is 4.12. The molecule has 88 valence electrons. The minimum atomic E-state index is 0.198. The van der Waals surface area contributed by atoms with E-state index in [1.807, 2.05) is 44.1 Å². The average Bonchev–Trinajstić information content (AvgIpc) is 2.28. The van der Waals surface area contributed by atoms with Crippen LogP contribution in [0.25, 0.3) is 0 Å². The summed E-state index contributed by atoms with van der Waals surface area (Å²) in [6.07, 6.45) is 1.47. The Morgan fingerprint density at radius 3 is 2.62 bits per heavy atom. The second-order valence-electron chi connectivity index (χ2n) is 4.12. The summed E-state index contributed by atoms with van der Waals surface area (Å²) in [7, 11) is 5.64. The number of ether oxygens (including phenoxy) is 1. The van der Waals surface area contributed by atoms with Gasteiger partial charge in [0.2, 0.25) is 0 Å². The van der Waals surface area contributed by atoms with Crippen molar-refractivity contribution in [3.8, 4) is 5.75 Å². The molecule has 0 fully saturated rings. The van der Waals surface area contributed by atoms with E-state index in [9.17, 15) is 4.79 Å². The Kier molecular flexibility index (Phi) is 4.35. The first-order chi connectivity index (χ1) is 7.60. The van der Waals surface area contributed by atoms with E-state index in [-0.39, 0.29) is 5.92 Å². The van der Waals surface area contributed by atoms with Gasteiger partial charge in [0.1, 0.15) is 12.0 Å². The lowest BCUT2D eigenvalue weighted by Crippen LogP contribution is -2.09. The maximum absolute atomic E-state index is 10.5. The normalized spacial score (nSPS) is 12.0. The van der Waals surface area contributed by atoms with Gasteiger partial charge in [-0.1, -0.05) is 13.0 Å². The number of methoxy groups -OCH3 is 1. The fourth-order valence-electron chi connectivity index (χ4n) is 1.66. The molecular formula is C13H19NO2. The van der Waals surface area contributed by atoms with Gasteiger partial charge >= 0.3 is 0 Å². The van der Waals surface area contributed by atoms with Gasteiger partial charge in [-0.15, -0.1) is 0 Å². The summed E-state index contributed by atoms with van der Waals surface area (Å²) in [5.74, 6) is 1.05. The number of anilines is 1. The van der Waals surface area contributed by atoms with Crippen LogP contribution in [-0.4, -0.2) is 27.5 Å². The van der Waals surface area contributed by atoms with Crippen molar-refractivity contribution in [2.45, 2.75) is 19.3 Å². The summed E-state index contributed by atoms with van der Waals surface area (Å²) in [6.45, 7) is 2.03. The van der Waals surface area contributed by atoms with Crippen LogP contribution in [0.4, 0.5) is 5.69 Å². The molecule has 0 aliphatic heterocycles. The van der Waals surface area contributed by atoms with Crippen molar-refractivity contribution in [3.63, 3.8) is 0 Å². The Balaban J connectivity index is 3.06. The number of hydrogen-bond acceptors (Lipinski definition) is 3. The molecule has 3 nitrogen and oxygen atoms in total. The summed E-state index contributed by atoms with van der Waals surface area (Å²) in [4.78, 5) is 12.5. The SMILES string of the molecule is COc1cc(N(C)C)ccc1C(C)CC=O. The van der Waals surface area contributed by atoms with E-state index in [1.165, 1.54) is 0 Å². The molecule has 16 heavy (non-hydrogen) atoms. The molecule has 0 aliphatic rings. The summed E-state index contributed by atoms with van der Waals surface area (Å²) in [6, 6.07) is 6.07. The predicted octanol–water partition coefficient (Wildman–Crippen LogP) is 2.45. The maximum atomic E-state index is 10.5. The lowest BCUT2D eigenvalue weighted by Gasteiger charge is -2.18. The molecule has 0 aromatic heterocycles. The molecule has 0 N–H and O–H groups in total. The number of nitrogens with zero attached hydrogens (tertiary/aromatic N) is 1. The molecule has 0 radical (unpaired) electrons. The highest BCUT2D eigenvalue weighted by Crippen LogP contribution is 2.31. The van der Waals surface area contributed by atoms with Gasteiger partial charge in [-0.25, -0.2) is 0 Å². The van der Waals surface area contributed by atoms with Crippen molar-refractivity contribution in [2.75, 3.05) is 26.1 Å². The molecule has 3 heteroatoms. The highest BCUT2D eigenvalue weighted by atomic mass is 16.5. The number of aldehydes is 1. The van der Waals surface area contributed by atoms with Gasteiger partial charge < -0.3 is 14.4 Å². The van der Waals surface area contributed by atoms with E-state index in [0.717, 1.165) is 23.3 Å². The third-order valence-electron chi connectivity index (χ3n) is 2.71. The Labute approximate surface area is 97.0 Å². The van der Waals surface area contributed by atoms with Crippen LogP contribution >= 0.6 is 0 Å². The molecule has 1 unspecified atom stereocenters. The van der Waals surface area contributed by atoms with Crippen molar-refractivity contribution in [2.24, 2.45) is 0 Å². The highest BCUT2D eigenvalue weighted by Gasteiger charge is 2.12. The van der Waals surface area contributed by atoms with Gasteiger partial charge in [-0.2, -0.15) is 0 Å². The minimum Gasteiger partial charge on any atom is -0.496 e. The summed E-state index contributed by atoms with van der Waals surface area (Å²) < 4.78 is 5.36. The van der Waals surface area contributed by atoms with Crippen LogP contribution in [0.1, 0.15) is 24.8 Å². The highest BCUT2D eigenvalue weighted by molar-refractivity contribution is 5.56. The van der Waals surface area contributed by atoms with Gasteiger partial charge in [-0.3, -0.25) is 0 Å². The first-order valence-corrected chi connectivity index (χ1v) is 5.39. The summed E-state index contributed by atoms with van der Waals surface area (Å²) >= 11 is 0. The van der Waals surface area contributed by atoms with Gasteiger partial charge in [0.05, 0.1) is 7.11 Å². The molecule has 1 atom stereocenters. The lowest BCUT2D eigenvalue weighted by atomic mass is 9.97. The maximum Gasteiger partial charge on any atom is 0.124 e. The fourth-order valence-corrected chi connectivity index (χ4v) is 1.66. The summed E-state index contributed by atoms with van der Waals surface area (Å²) in [5.41, 5.74) is 2.18. The monoisotopic (exact) mass is 221 g/mol. The van der Waals surface area contributed by atoms with Crippen LogP contribution in [0.15, 0.2) is 18.2 Å². The van der Waals surface area contributed by atoms with E-state index < -0.39 is 0 Å². The van der Waals surface area contributed by atoms with E-state index in [2.05, 4.69) is 0 Å². The van der Waals surface area contributed by atoms with Gasteiger partial charge in [-0.05, 0) is 17.5 Å². The van der Waals surface area contributed by atoms with E-state index in [4.69, 9.17) is 4.74 Å². The largest absolute Gasteiger partial charge is 0.496 e. The zero-order valence-corrected chi connectivity index (χ0v) is 10.4. The first kappa shape index (κ1) is 12.6. The van der Waals surface area contributed by atoms with Gasteiger partial charge in [0.25, 0.3) is 0 Å². The molecule has 0 heterocycles. The number of carbonyl (C=O) groups excluding carboxylic acids is 1. The minimum absolute atomic E-state index is 0.198. The van der Waals surface area contributed by atoms with E-state index >= 15 is 0 Å². The third-order valence-corrected chi connectivity index (χ3v) is 2.71. The Hall–Kier alpha value is -1.51. The topological polar surface area (TPSA) is 29.5 Å². The predicted molar refractivity (Wildman–Crippen MR) is 66.4 cm³/mol. The first-order valence-electron chi connectivity index (χ1n) is 5.39. The molecule has 0 aliphatic carbocycles. The fraction of sp³-hybridized carbons (Fsp3) is 0.462. The second kappa shape index (κ2) is 5.54. The molecule has 0 spiro atoms. The Morgan fingerprint density at radius 2 is 2.12 bits per heavy atom. The smallest absolute Gasteiger partial charge is 0.124 e. The number of carbonyl (C=O) groups is 1. The number of benzene rings is 1. The standard InChI is InChI=1S/C13H19NO2/c1-10(7-8-15)12-6-5-11(14(2)3)9-13(12)16-4/h5-6,8-10H,7H2,1-4H3.